The van der Waals surface area contributed by atoms with E-state index in [0.717, 1.165) is 30.0 Å². The third kappa shape index (κ3) is 2.75. The number of allylic oxidation sites excluding steroid dienone is 1. The van der Waals surface area contributed by atoms with E-state index in [1.807, 2.05) is 24.4 Å². The molecule has 120 valence electrons. The van der Waals surface area contributed by atoms with Gasteiger partial charge in [-0.15, -0.1) is 0 Å². The predicted molar refractivity (Wildman–Crippen MR) is 106 cm³/mol. The third-order valence-electron chi connectivity index (χ3n) is 4.41. The monoisotopic (exact) mass is 428 g/mol. The second-order valence-corrected chi connectivity index (χ2v) is 6.95. The molecule has 2 heterocycles. The van der Waals surface area contributed by atoms with E-state index >= 15 is 0 Å². The summed E-state index contributed by atoms with van der Waals surface area (Å²) in [6, 6.07) is 14.6. The van der Waals surface area contributed by atoms with E-state index in [2.05, 4.69) is 69.0 Å². The molecule has 2 aliphatic heterocycles. The molecule has 0 atom stereocenters. The van der Waals surface area contributed by atoms with E-state index in [0.29, 0.717) is 0 Å². The minimum absolute atomic E-state index is 0.845. The molecule has 0 saturated carbocycles. The fourth-order valence-electron chi connectivity index (χ4n) is 3.18. The fourth-order valence-corrected chi connectivity index (χ4v) is 3.94. The Labute approximate surface area is 155 Å². The van der Waals surface area contributed by atoms with E-state index in [-0.39, 0.29) is 0 Å². The molecule has 0 fully saturated rings. The maximum Gasteiger partial charge on any atom is 0.119 e. The van der Waals surface area contributed by atoms with Crippen LogP contribution >= 0.6 is 22.6 Å². The average molecular weight is 428 g/mol. The fraction of sp³-hybridized carbons (Fsp3) is 0.150. The Hall–Kier alpha value is -2.08. The molecular formula is C20H17IN2O. The van der Waals surface area contributed by atoms with Crippen LogP contribution in [0.1, 0.15) is 16.7 Å². The number of nitrogens with zero attached hydrogens (tertiary/aromatic N) is 2. The molecule has 0 saturated heterocycles. The van der Waals surface area contributed by atoms with Gasteiger partial charge in [-0.1, -0.05) is 24.3 Å². The van der Waals surface area contributed by atoms with Crippen LogP contribution in [-0.2, 0) is 6.42 Å². The molecule has 2 aromatic carbocycles. The Morgan fingerprint density at radius 1 is 1.17 bits per heavy atom. The quantitative estimate of drug-likeness (QED) is 0.660. The van der Waals surface area contributed by atoms with Gasteiger partial charge in [0.05, 0.1) is 18.5 Å². The van der Waals surface area contributed by atoms with Crippen molar-refractivity contribution in [2.45, 2.75) is 6.42 Å². The molecule has 0 aliphatic carbocycles. The molecule has 0 N–H and O–H groups in total. The highest BCUT2D eigenvalue weighted by molar-refractivity contribution is 14.1. The van der Waals surface area contributed by atoms with Gasteiger partial charge in [0.25, 0.3) is 0 Å². The van der Waals surface area contributed by atoms with Gasteiger partial charge < -0.3 is 9.64 Å². The Morgan fingerprint density at radius 3 is 2.92 bits per heavy atom. The summed E-state index contributed by atoms with van der Waals surface area (Å²) in [4.78, 5) is 6.94. The number of hydrogen-bond donors (Lipinski definition) is 0. The van der Waals surface area contributed by atoms with Crippen LogP contribution in [0, 0.1) is 3.57 Å². The van der Waals surface area contributed by atoms with Crippen LogP contribution in [0.2, 0.25) is 0 Å². The second kappa shape index (κ2) is 6.43. The van der Waals surface area contributed by atoms with Crippen molar-refractivity contribution in [3.8, 4) is 5.75 Å². The maximum atomic E-state index is 5.35. The van der Waals surface area contributed by atoms with Gasteiger partial charge in [-0.3, -0.25) is 4.99 Å². The smallest absolute Gasteiger partial charge is 0.119 e. The minimum Gasteiger partial charge on any atom is -0.497 e. The van der Waals surface area contributed by atoms with Gasteiger partial charge in [0, 0.05) is 33.6 Å². The van der Waals surface area contributed by atoms with E-state index in [9.17, 15) is 0 Å². The van der Waals surface area contributed by atoms with Crippen LogP contribution in [0.15, 0.2) is 65.9 Å². The van der Waals surface area contributed by atoms with Crippen molar-refractivity contribution in [3.05, 3.63) is 81.2 Å². The summed E-state index contributed by atoms with van der Waals surface area (Å²) >= 11 is 2.43. The van der Waals surface area contributed by atoms with Crippen LogP contribution in [0.4, 0.5) is 0 Å². The minimum atomic E-state index is 0.845. The first kappa shape index (κ1) is 15.4. The van der Waals surface area contributed by atoms with Crippen LogP contribution in [0.25, 0.3) is 5.70 Å². The molecule has 0 bridgehead atoms. The molecule has 0 radical (unpaired) electrons. The lowest BCUT2D eigenvalue weighted by Crippen LogP contribution is -2.25. The van der Waals surface area contributed by atoms with Gasteiger partial charge in [0.1, 0.15) is 5.75 Å². The zero-order chi connectivity index (χ0) is 16.5. The van der Waals surface area contributed by atoms with Crippen molar-refractivity contribution < 1.29 is 4.74 Å². The highest BCUT2D eigenvalue weighted by atomic mass is 127. The number of benzene rings is 2. The van der Waals surface area contributed by atoms with Crippen LogP contribution in [0.5, 0.6) is 5.75 Å². The molecule has 0 unspecified atom stereocenters. The Morgan fingerprint density at radius 2 is 2.04 bits per heavy atom. The Bertz CT molecular complexity index is 883. The highest BCUT2D eigenvalue weighted by Crippen LogP contribution is 2.33. The third-order valence-corrected chi connectivity index (χ3v) is 5.42. The van der Waals surface area contributed by atoms with Gasteiger partial charge in [-0.05, 0) is 58.9 Å². The molecule has 0 amide bonds. The summed E-state index contributed by atoms with van der Waals surface area (Å²) < 4.78 is 6.68. The van der Waals surface area contributed by atoms with Crippen molar-refractivity contribution in [3.63, 3.8) is 0 Å². The summed E-state index contributed by atoms with van der Waals surface area (Å²) in [6.07, 6.45) is 7.20. The molecule has 0 aromatic heterocycles. The van der Waals surface area contributed by atoms with Crippen molar-refractivity contribution in [1.29, 1.82) is 0 Å². The molecule has 24 heavy (non-hydrogen) atoms. The number of ether oxygens (including phenoxy) is 1. The molecular weight excluding hydrogens is 411 g/mol. The molecule has 2 aromatic rings. The average Bonchev–Trinajstić information content (AvgIpc) is 2.85. The summed E-state index contributed by atoms with van der Waals surface area (Å²) in [5.41, 5.74) is 5.96. The van der Waals surface area contributed by atoms with E-state index in [1.165, 1.54) is 20.4 Å². The lowest BCUT2D eigenvalue weighted by atomic mass is 9.95. The van der Waals surface area contributed by atoms with E-state index in [1.54, 1.807) is 7.11 Å². The largest absolute Gasteiger partial charge is 0.497 e. The highest BCUT2D eigenvalue weighted by Gasteiger charge is 2.22. The normalized spacial score (nSPS) is 15.8. The van der Waals surface area contributed by atoms with Gasteiger partial charge >= 0.3 is 0 Å². The van der Waals surface area contributed by atoms with Crippen molar-refractivity contribution in [1.82, 2.24) is 4.90 Å². The standard InChI is InChI=1S/C20H17IN2O/c1-24-15-5-2-4-14(12-15)19-13-20-17-6-3-7-18(21)16(17)8-10-23(20)11-9-22-19/h2-7,9,11-13H,8,10H2,1H3. The SMILES string of the molecule is COc1cccc(C2=NC=CN3CCc4c(I)cccc4C3=C2)c1. The number of halogens is 1. The summed E-state index contributed by atoms with van der Waals surface area (Å²) in [6.45, 7) is 0.982. The zero-order valence-electron chi connectivity index (χ0n) is 13.4. The Balaban J connectivity index is 1.83. The second-order valence-electron chi connectivity index (χ2n) is 5.78. The Kier molecular flexibility index (Phi) is 4.14. The number of rotatable bonds is 2. The summed E-state index contributed by atoms with van der Waals surface area (Å²) in [7, 11) is 1.69. The molecule has 0 spiro atoms. The van der Waals surface area contributed by atoms with Gasteiger partial charge in [0.15, 0.2) is 0 Å². The van der Waals surface area contributed by atoms with Crippen LogP contribution < -0.4 is 4.74 Å². The van der Waals surface area contributed by atoms with Crippen LogP contribution in [0.3, 0.4) is 0 Å². The lowest BCUT2D eigenvalue weighted by Gasteiger charge is -2.30. The first-order valence-corrected chi connectivity index (χ1v) is 8.99. The lowest BCUT2D eigenvalue weighted by molar-refractivity contribution is 0.414. The topological polar surface area (TPSA) is 24.8 Å². The molecule has 4 heteroatoms. The molecule has 4 rings (SSSR count). The molecule has 2 aliphatic rings. The van der Waals surface area contributed by atoms with Gasteiger partial charge in [-0.2, -0.15) is 0 Å². The molecule has 3 nitrogen and oxygen atoms in total. The first-order chi connectivity index (χ1) is 11.8. The number of fused-ring (bicyclic) bond motifs is 3. The van der Waals surface area contributed by atoms with Crippen LogP contribution in [-0.4, -0.2) is 24.3 Å². The van der Waals surface area contributed by atoms with Crippen molar-refractivity contribution >= 4 is 34.0 Å². The first-order valence-electron chi connectivity index (χ1n) is 7.91. The van der Waals surface area contributed by atoms with Crippen molar-refractivity contribution in [2.75, 3.05) is 13.7 Å². The summed E-state index contributed by atoms with van der Waals surface area (Å²) in [5.74, 6) is 0.845. The van der Waals surface area contributed by atoms with E-state index < -0.39 is 0 Å². The zero-order valence-corrected chi connectivity index (χ0v) is 15.5. The number of hydrogen-bond acceptors (Lipinski definition) is 3. The van der Waals surface area contributed by atoms with E-state index in [4.69, 9.17) is 4.74 Å². The summed E-state index contributed by atoms with van der Waals surface area (Å²) in [5, 5.41) is 0. The van der Waals surface area contributed by atoms with Gasteiger partial charge in [-0.25, -0.2) is 0 Å². The number of methoxy groups -OCH3 is 1. The maximum absolute atomic E-state index is 5.35. The number of aliphatic imine (C=N–C) groups is 1. The predicted octanol–water partition coefficient (Wildman–Crippen LogP) is 4.47. The van der Waals surface area contributed by atoms with Crippen molar-refractivity contribution in [2.24, 2.45) is 4.99 Å². The van der Waals surface area contributed by atoms with Gasteiger partial charge in [0.2, 0.25) is 0 Å².